The van der Waals surface area contributed by atoms with Crippen molar-refractivity contribution in [3.05, 3.63) is 22.3 Å². The highest BCUT2D eigenvalue weighted by molar-refractivity contribution is 6.33. The fourth-order valence-corrected chi connectivity index (χ4v) is 2.09. The number of nitrogens with one attached hydrogen (secondary N) is 1. The molecule has 0 amide bonds. The number of hydrogen-bond donors (Lipinski definition) is 1. The van der Waals surface area contributed by atoms with Crippen LogP contribution in [0, 0.1) is 0 Å². The summed E-state index contributed by atoms with van der Waals surface area (Å²) in [5.74, 6) is 0.903. The van der Waals surface area contributed by atoms with Crippen LogP contribution in [0.5, 0.6) is 0 Å². The van der Waals surface area contributed by atoms with Gasteiger partial charge in [0.25, 0.3) is 0 Å². The van der Waals surface area contributed by atoms with Crippen molar-refractivity contribution in [2.75, 3.05) is 25.0 Å². The number of halogens is 2. The van der Waals surface area contributed by atoms with Crippen LogP contribution in [-0.2, 0) is 13.0 Å². The SMILES string of the molecule is CCN(C)c1nc2c(cc1Cl)CNCC2.Cl. The molecule has 0 bridgehead atoms. The Morgan fingerprint density at radius 2 is 2.31 bits per heavy atom. The Bertz CT molecular complexity index is 368. The highest BCUT2D eigenvalue weighted by Crippen LogP contribution is 2.26. The average molecular weight is 262 g/mol. The van der Waals surface area contributed by atoms with E-state index in [2.05, 4.69) is 22.1 Å². The summed E-state index contributed by atoms with van der Waals surface area (Å²) in [4.78, 5) is 6.71. The topological polar surface area (TPSA) is 28.2 Å². The van der Waals surface area contributed by atoms with Gasteiger partial charge >= 0.3 is 0 Å². The Morgan fingerprint density at radius 1 is 1.56 bits per heavy atom. The number of aromatic nitrogens is 1. The van der Waals surface area contributed by atoms with Crippen LogP contribution >= 0.6 is 24.0 Å². The third kappa shape index (κ3) is 2.59. The monoisotopic (exact) mass is 261 g/mol. The van der Waals surface area contributed by atoms with Crippen LogP contribution in [0.15, 0.2) is 6.07 Å². The van der Waals surface area contributed by atoms with Gasteiger partial charge in [-0.2, -0.15) is 0 Å². The molecule has 1 aromatic heterocycles. The molecule has 0 aliphatic carbocycles. The first-order valence-corrected chi connectivity index (χ1v) is 5.70. The molecule has 1 aliphatic heterocycles. The van der Waals surface area contributed by atoms with Gasteiger partial charge in [0.1, 0.15) is 5.82 Å². The zero-order valence-electron chi connectivity index (χ0n) is 9.59. The van der Waals surface area contributed by atoms with Crippen LogP contribution in [0.25, 0.3) is 0 Å². The molecule has 0 unspecified atom stereocenters. The van der Waals surface area contributed by atoms with Crippen LogP contribution in [0.4, 0.5) is 5.82 Å². The maximum absolute atomic E-state index is 6.20. The average Bonchev–Trinajstić information content (AvgIpc) is 2.27. The molecule has 2 rings (SSSR count). The summed E-state index contributed by atoms with van der Waals surface area (Å²) in [6.07, 6.45) is 0.997. The molecule has 1 N–H and O–H groups in total. The lowest BCUT2D eigenvalue weighted by Crippen LogP contribution is -2.26. The summed E-state index contributed by atoms with van der Waals surface area (Å²) in [6.45, 7) is 4.91. The fourth-order valence-electron chi connectivity index (χ4n) is 1.77. The van der Waals surface area contributed by atoms with E-state index in [0.29, 0.717) is 0 Å². The van der Waals surface area contributed by atoms with Gasteiger partial charge in [-0.05, 0) is 18.6 Å². The van der Waals surface area contributed by atoms with Gasteiger partial charge in [-0.25, -0.2) is 4.98 Å². The molecule has 0 saturated carbocycles. The molecule has 0 spiro atoms. The maximum atomic E-state index is 6.20. The summed E-state index contributed by atoms with van der Waals surface area (Å²) < 4.78 is 0. The minimum absolute atomic E-state index is 0. The summed E-state index contributed by atoms with van der Waals surface area (Å²) in [5, 5.41) is 4.07. The smallest absolute Gasteiger partial charge is 0.147 e. The Labute approximate surface area is 108 Å². The van der Waals surface area contributed by atoms with Crippen molar-refractivity contribution in [2.45, 2.75) is 19.9 Å². The van der Waals surface area contributed by atoms with Crippen molar-refractivity contribution in [1.82, 2.24) is 10.3 Å². The minimum Gasteiger partial charge on any atom is -0.359 e. The van der Waals surface area contributed by atoms with Gasteiger partial charge < -0.3 is 10.2 Å². The molecule has 0 radical (unpaired) electrons. The third-order valence-electron chi connectivity index (χ3n) is 2.82. The molecule has 5 heteroatoms. The molecular formula is C11H17Cl2N3. The second-order valence-corrected chi connectivity index (χ2v) is 4.25. The van der Waals surface area contributed by atoms with Crippen LogP contribution < -0.4 is 10.2 Å². The molecule has 3 nitrogen and oxygen atoms in total. The molecular weight excluding hydrogens is 245 g/mol. The number of pyridine rings is 1. The van der Waals surface area contributed by atoms with Crippen LogP contribution in [0.2, 0.25) is 5.02 Å². The lowest BCUT2D eigenvalue weighted by Gasteiger charge is -2.22. The predicted molar refractivity (Wildman–Crippen MR) is 70.8 cm³/mol. The molecule has 90 valence electrons. The van der Waals surface area contributed by atoms with E-state index < -0.39 is 0 Å². The largest absolute Gasteiger partial charge is 0.359 e. The van der Waals surface area contributed by atoms with E-state index in [1.54, 1.807) is 0 Å². The molecule has 16 heavy (non-hydrogen) atoms. The number of fused-ring (bicyclic) bond motifs is 1. The molecule has 0 aromatic carbocycles. The van der Waals surface area contributed by atoms with Gasteiger partial charge in [-0.3, -0.25) is 0 Å². The van der Waals surface area contributed by atoms with Crippen molar-refractivity contribution in [3.63, 3.8) is 0 Å². The highest BCUT2D eigenvalue weighted by Gasteiger charge is 2.15. The summed E-state index contributed by atoms with van der Waals surface area (Å²) >= 11 is 6.20. The Kier molecular flexibility index (Phi) is 4.84. The van der Waals surface area contributed by atoms with Crippen LogP contribution in [-0.4, -0.2) is 25.1 Å². The number of anilines is 1. The first-order valence-electron chi connectivity index (χ1n) is 5.32. The van der Waals surface area contributed by atoms with Gasteiger partial charge in [0.2, 0.25) is 0 Å². The van der Waals surface area contributed by atoms with E-state index >= 15 is 0 Å². The zero-order valence-corrected chi connectivity index (χ0v) is 11.2. The van der Waals surface area contributed by atoms with Gasteiger partial charge in [-0.15, -0.1) is 12.4 Å². The normalized spacial score (nSPS) is 13.9. The second kappa shape index (κ2) is 5.71. The van der Waals surface area contributed by atoms with E-state index in [0.717, 1.165) is 36.9 Å². The number of rotatable bonds is 2. The minimum atomic E-state index is 0. The second-order valence-electron chi connectivity index (χ2n) is 3.84. The molecule has 0 atom stereocenters. The van der Waals surface area contributed by atoms with E-state index in [1.165, 1.54) is 11.3 Å². The van der Waals surface area contributed by atoms with Crippen molar-refractivity contribution in [3.8, 4) is 0 Å². The van der Waals surface area contributed by atoms with Crippen LogP contribution in [0.1, 0.15) is 18.2 Å². The van der Waals surface area contributed by atoms with Gasteiger partial charge in [0.15, 0.2) is 0 Å². The van der Waals surface area contributed by atoms with Crippen molar-refractivity contribution in [2.24, 2.45) is 0 Å². The third-order valence-corrected chi connectivity index (χ3v) is 3.09. The van der Waals surface area contributed by atoms with Gasteiger partial charge in [0.05, 0.1) is 5.02 Å². The first-order chi connectivity index (χ1) is 7.22. The Morgan fingerprint density at radius 3 is 3.00 bits per heavy atom. The van der Waals surface area contributed by atoms with Crippen molar-refractivity contribution >= 4 is 29.8 Å². The predicted octanol–water partition coefficient (Wildman–Crippen LogP) is 2.26. The van der Waals surface area contributed by atoms with Gasteiger partial charge in [-0.1, -0.05) is 11.6 Å². The molecule has 1 aromatic rings. The van der Waals surface area contributed by atoms with Crippen LogP contribution in [0.3, 0.4) is 0 Å². The number of nitrogens with zero attached hydrogens (tertiary/aromatic N) is 2. The highest BCUT2D eigenvalue weighted by atomic mass is 35.5. The molecule has 0 fully saturated rings. The Hall–Kier alpha value is -0.510. The maximum Gasteiger partial charge on any atom is 0.147 e. The van der Waals surface area contributed by atoms with E-state index in [-0.39, 0.29) is 12.4 Å². The van der Waals surface area contributed by atoms with E-state index in [9.17, 15) is 0 Å². The summed E-state index contributed by atoms with van der Waals surface area (Å²) in [6, 6.07) is 2.04. The van der Waals surface area contributed by atoms with Crippen molar-refractivity contribution in [1.29, 1.82) is 0 Å². The van der Waals surface area contributed by atoms with E-state index in [4.69, 9.17) is 11.6 Å². The summed E-state index contributed by atoms with van der Waals surface area (Å²) in [5.41, 5.74) is 2.42. The quantitative estimate of drug-likeness (QED) is 0.886. The standard InChI is InChI=1S/C11H16ClN3.ClH/c1-3-15(2)11-9(12)6-8-7-13-5-4-10(8)14-11;/h6,13H,3-5,7H2,1-2H3;1H. The molecule has 0 saturated heterocycles. The van der Waals surface area contributed by atoms with Gasteiger partial charge in [0, 0.05) is 38.8 Å². The first kappa shape index (κ1) is 13.6. The lowest BCUT2D eigenvalue weighted by atomic mass is 10.1. The van der Waals surface area contributed by atoms with E-state index in [1.807, 2.05) is 13.1 Å². The Balaban J connectivity index is 0.00000128. The molecule has 2 heterocycles. The fraction of sp³-hybridized carbons (Fsp3) is 0.545. The number of hydrogen-bond acceptors (Lipinski definition) is 3. The molecule has 1 aliphatic rings. The van der Waals surface area contributed by atoms with Crippen molar-refractivity contribution < 1.29 is 0 Å². The summed E-state index contributed by atoms with van der Waals surface area (Å²) in [7, 11) is 2.02. The zero-order chi connectivity index (χ0) is 10.8. The lowest BCUT2D eigenvalue weighted by molar-refractivity contribution is 0.629.